The minimum absolute atomic E-state index is 0.711. The molecule has 6 heteroatoms. The summed E-state index contributed by atoms with van der Waals surface area (Å²) in [5, 5.41) is 0. The lowest BCUT2D eigenvalue weighted by atomic mass is 10.3. The highest BCUT2D eigenvalue weighted by Gasteiger charge is 2.46. The molecule has 0 amide bonds. The summed E-state index contributed by atoms with van der Waals surface area (Å²) in [7, 11) is 0.790. The van der Waals surface area contributed by atoms with Gasteiger partial charge >= 0.3 is 8.80 Å². The van der Waals surface area contributed by atoms with Crippen LogP contribution in [0.5, 0.6) is 0 Å². The van der Waals surface area contributed by atoms with Gasteiger partial charge in [-0.3, -0.25) is 0 Å². The maximum absolute atomic E-state index is 5.69. The standard InChI is InChI=1S/C16H31NO3Si2/c1-7-21(8-2,9-3)17(16-13-11-10-12-14-16)15-22(18-4,19-5)20-6/h10-14H,7-9,15H2,1-6H3. The van der Waals surface area contributed by atoms with Gasteiger partial charge in [0.1, 0.15) is 0 Å². The first-order valence-electron chi connectivity index (χ1n) is 8.05. The van der Waals surface area contributed by atoms with Crippen molar-refractivity contribution in [1.29, 1.82) is 0 Å². The Labute approximate surface area is 137 Å². The van der Waals surface area contributed by atoms with Crippen LogP contribution in [0.25, 0.3) is 0 Å². The molecule has 0 atom stereocenters. The molecule has 0 aliphatic heterocycles. The maximum atomic E-state index is 5.69. The van der Waals surface area contributed by atoms with E-state index in [1.165, 1.54) is 23.8 Å². The molecule has 22 heavy (non-hydrogen) atoms. The van der Waals surface area contributed by atoms with Crippen LogP contribution in [-0.2, 0) is 13.3 Å². The lowest BCUT2D eigenvalue weighted by molar-refractivity contribution is 0.125. The molecule has 126 valence electrons. The van der Waals surface area contributed by atoms with Crippen LogP contribution >= 0.6 is 0 Å². The van der Waals surface area contributed by atoms with Crippen molar-refractivity contribution in [3.63, 3.8) is 0 Å². The summed E-state index contributed by atoms with van der Waals surface area (Å²) in [4.78, 5) is 0. The van der Waals surface area contributed by atoms with E-state index in [-0.39, 0.29) is 0 Å². The van der Waals surface area contributed by atoms with E-state index >= 15 is 0 Å². The van der Waals surface area contributed by atoms with Crippen molar-refractivity contribution in [2.75, 3.05) is 32.1 Å². The number of para-hydroxylation sites is 1. The Morgan fingerprint density at radius 3 is 1.64 bits per heavy atom. The second-order valence-electron chi connectivity index (χ2n) is 5.50. The van der Waals surface area contributed by atoms with E-state index < -0.39 is 17.0 Å². The molecular formula is C16H31NO3Si2. The van der Waals surface area contributed by atoms with E-state index in [4.69, 9.17) is 13.3 Å². The summed E-state index contributed by atoms with van der Waals surface area (Å²) in [6.45, 7) is 6.93. The summed E-state index contributed by atoms with van der Waals surface area (Å²) in [5.41, 5.74) is 1.25. The van der Waals surface area contributed by atoms with Crippen molar-refractivity contribution in [1.82, 2.24) is 0 Å². The summed E-state index contributed by atoms with van der Waals surface area (Å²) in [5.74, 6) is 0. The molecule has 0 N–H and O–H groups in total. The third-order valence-corrected chi connectivity index (χ3v) is 13.3. The Morgan fingerprint density at radius 1 is 0.818 bits per heavy atom. The highest BCUT2D eigenvalue weighted by atomic mass is 28.4. The van der Waals surface area contributed by atoms with Crippen LogP contribution in [0.4, 0.5) is 5.69 Å². The minimum Gasteiger partial charge on any atom is -0.393 e. The molecule has 0 bridgehead atoms. The number of rotatable bonds is 10. The van der Waals surface area contributed by atoms with Crippen LogP contribution in [-0.4, -0.2) is 44.5 Å². The summed E-state index contributed by atoms with van der Waals surface area (Å²) in [6.07, 6.45) is 0.711. The van der Waals surface area contributed by atoms with E-state index in [9.17, 15) is 0 Å². The maximum Gasteiger partial charge on any atom is 0.519 e. The number of nitrogens with zero attached hydrogens (tertiary/aromatic N) is 1. The second-order valence-corrected chi connectivity index (χ2v) is 13.5. The highest BCUT2D eigenvalue weighted by molar-refractivity contribution is 6.84. The van der Waals surface area contributed by atoms with Gasteiger partial charge in [-0.2, -0.15) is 0 Å². The molecule has 4 nitrogen and oxygen atoms in total. The number of benzene rings is 1. The fourth-order valence-corrected chi connectivity index (χ4v) is 9.82. The van der Waals surface area contributed by atoms with Gasteiger partial charge in [0.15, 0.2) is 8.24 Å². The van der Waals surface area contributed by atoms with Gasteiger partial charge in [0.2, 0.25) is 0 Å². The van der Waals surface area contributed by atoms with Gasteiger partial charge in [0.25, 0.3) is 0 Å². The molecule has 1 aromatic carbocycles. The molecular weight excluding hydrogens is 310 g/mol. The Morgan fingerprint density at radius 2 is 1.27 bits per heavy atom. The molecule has 0 fully saturated rings. The first kappa shape index (κ1) is 19.4. The van der Waals surface area contributed by atoms with E-state index in [0.717, 1.165) is 0 Å². The van der Waals surface area contributed by atoms with Crippen LogP contribution in [0.15, 0.2) is 30.3 Å². The van der Waals surface area contributed by atoms with Crippen molar-refractivity contribution in [3.05, 3.63) is 30.3 Å². The lowest BCUT2D eigenvalue weighted by Crippen LogP contribution is -2.62. The number of hydrogen-bond donors (Lipinski definition) is 0. The fourth-order valence-electron chi connectivity index (χ4n) is 3.10. The van der Waals surface area contributed by atoms with Crippen molar-refractivity contribution in [2.24, 2.45) is 0 Å². The normalized spacial score (nSPS) is 12.5. The Balaban J connectivity index is 3.28. The van der Waals surface area contributed by atoms with Crippen molar-refractivity contribution in [2.45, 2.75) is 38.9 Å². The predicted octanol–water partition coefficient (Wildman–Crippen LogP) is 3.92. The SMILES string of the molecule is CC[Si](CC)(CC)N(C[Si](OC)(OC)OC)c1ccccc1. The first-order valence-corrected chi connectivity index (χ1v) is 12.5. The average Bonchev–Trinajstić information content (AvgIpc) is 2.61. The molecule has 1 aromatic rings. The summed E-state index contributed by atoms with van der Waals surface area (Å²) < 4.78 is 19.6. The Bertz CT molecular complexity index is 406. The molecule has 0 heterocycles. The average molecular weight is 342 g/mol. The van der Waals surface area contributed by atoms with Crippen LogP contribution in [0, 0.1) is 0 Å². The number of hydrogen-bond acceptors (Lipinski definition) is 4. The van der Waals surface area contributed by atoms with Crippen LogP contribution in [0.3, 0.4) is 0 Å². The summed E-state index contributed by atoms with van der Waals surface area (Å²) >= 11 is 0. The van der Waals surface area contributed by atoms with Crippen LogP contribution in [0.2, 0.25) is 18.1 Å². The molecule has 0 spiro atoms. The quantitative estimate of drug-likeness (QED) is 0.604. The van der Waals surface area contributed by atoms with Gasteiger partial charge < -0.3 is 17.8 Å². The van der Waals surface area contributed by atoms with Crippen molar-refractivity contribution in [3.8, 4) is 0 Å². The predicted molar refractivity (Wildman–Crippen MR) is 97.8 cm³/mol. The molecule has 0 aliphatic rings. The monoisotopic (exact) mass is 341 g/mol. The zero-order chi connectivity index (χ0) is 16.6. The van der Waals surface area contributed by atoms with Crippen molar-refractivity contribution >= 4 is 22.7 Å². The third kappa shape index (κ3) is 3.99. The second kappa shape index (κ2) is 8.83. The Kier molecular flexibility index (Phi) is 7.78. The molecule has 0 saturated heterocycles. The lowest BCUT2D eigenvalue weighted by Gasteiger charge is -2.45. The van der Waals surface area contributed by atoms with Crippen molar-refractivity contribution < 1.29 is 13.3 Å². The van der Waals surface area contributed by atoms with E-state index in [0.29, 0.717) is 6.17 Å². The van der Waals surface area contributed by atoms with Gasteiger partial charge in [0.05, 0.1) is 6.17 Å². The topological polar surface area (TPSA) is 30.9 Å². The summed E-state index contributed by atoms with van der Waals surface area (Å²) in [6, 6.07) is 14.2. The molecule has 0 radical (unpaired) electrons. The van der Waals surface area contributed by atoms with Gasteiger partial charge in [0, 0.05) is 27.0 Å². The smallest absolute Gasteiger partial charge is 0.393 e. The molecule has 0 unspecified atom stereocenters. The third-order valence-electron chi connectivity index (χ3n) is 4.90. The zero-order valence-corrected chi connectivity index (χ0v) is 16.9. The minimum atomic E-state index is -2.66. The largest absolute Gasteiger partial charge is 0.519 e. The van der Waals surface area contributed by atoms with Gasteiger partial charge in [-0.25, -0.2) is 0 Å². The van der Waals surface area contributed by atoms with E-state index in [1.54, 1.807) is 21.3 Å². The molecule has 1 rings (SSSR count). The van der Waals surface area contributed by atoms with Crippen LogP contribution < -0.4 is 4.57 Å². The fraction of sp³-hybridized carbons (Fsp3) is 0.625. The molecule has 0 aliphatic carbocycles. The van der Waals surface area contributed by atoms with Crippen LogP contribution in [0.1, 0.15) is 20.8 Å². The van der Waals surface area contributed by atoms with E-state index in [1.807, 2.05) is 0 Å². The van der Waals surface area contributed by atoms with Gasteiger partial charge in [-0.1, -0.05) is 39.0 Å². The van der Waals surface area contributed by atoms with Gasteiger partial charge in [-0.15, -0.1) is 0 Å². The number of anilines is 1. The Hall–Kier alpha value is -0.666. The molecule has 0 aromatic heterocycles. The van der Waals surface area contributed by atoms with Gasteiger partial charge in [-0.05, 0) is 30.3 Å². The zero-order valence-electron chi connectivity index (χ0n) is 14.9. The molecule has 0 saturated carbocycles. The first-order chi connectivity index (χ1) is 10.6. The highest BCUT2D eigenvalue weighted by Crippen LogP contribution is 2.31. The van der Waals surface area contributed by atoms with E-state index in [2.05, 4.69) is 55.7 Å².